The van der Waals surface area contributed by atoms with Crippen LogP contribution >= 0.6 is 11.6 Å². The normalized spacial score (nSPS) is 10.9. The van der Waals surface area contributed by atoms with Gasteiger partial charge in [0, 0.05) is 11.6 Å². The van der Waals surface area contributed by atoms with Crippen LogP contribution in [0.3, 0.4) is 0 Å². The van der Waals surface area contributed by atoms with E-state index < -0.39 is 0 Å². The molecule has 0 amide bonds. The Kier molecular flexibility index (Phi) is 5.04. The van der Waals surface area contributed by atoms with Crippen LogP contribution in [0, 0.1) is 0 Å². The van der Waals surface area contributed by atoms with E-state index in [1.54, 1.807) is 16.9 Å². The summed E-state index contributed by atoms with van der Waals surface area (Å²) in [6, 6.07) is 22.5. The summed E-state index contributed by atoms with van der Waals surface area (Å²) < 4.78 is 1.69. The van der Waals surface area contributed by atoms with Gasteiger partial charge in [-0.15, -0.1) is 0 Å². The van der Waals surface area contributed by atoms with Crippen molar-refractivity contribution >= 4 is 11.6 Å². The smallest absolute Gasteiger partial charge is 0.128 e. The first kappa shape index (κ1) is 18.1. The first-order valence-corrected chi connectivity index (χ1v) is 9.39. The van der Waals surface area contributed by atoms with E-state index in [0.29, 0.717) is 22.7 Å². The van der Waals surface area contributed by atoms with Crippen molar-refractivity contribution in [1.29, 1.82) is 0 Å². The van der Waals surface area contributed by atoms with Crippen LogP contribution in [0.25, 0.3) is 16.9 Å². The second-order valence-corrected chi connectivity index (χ2v) is 6.97. The van der Waals surface area contributed by atoms with E-state index in [0.717, 1.165) is 17.7 Å². The number of phenols is 2. The molecule has 28 heavy (non-hydrogen) atoms. The maximum absolute atomic E-state index is 10.5. The van der Waals surface area contributed by atoms with Gasteiger partial charge in [-0.2, -0.15) is 5.10 Å². The summed E-state index contributed by atoms with van der Waals surface area (Å²) in [7, 11) is 0. The number of phenolic OH excluding ortho intramolecular Hbond substituents is 2. The zero-order chi connectivity index (χ0) is 19.5. The summed E-state index contributed by atoms with van der Waals surface area (Å²) in [6.45, 7) is 0. The number of rotatable bonds is 5. The van der Waals surface area contributed by atoms with Crippen molar-refractivity contribution in [2.45, 2.75) is 12.8 Å². The number of hydrogen-bond donors (Lipinski definition) is 2. The quantitative estimate of drug-likeness (QED) is 0.480. The Morgan fingerprint density at radius 3 is 2.36 bits per heavy atom. The molecule has 2 N–H and O–H groups in total. The van der Waals surface area contributed by atoms with E-state index in [2.05, 4.69) is 17.2 Å². The summed E-state index contributed by atoms with van der Waals surface area (Å²) >= 11 is 6.33. The van der Waals surface area contributed by atoms with E-state index in [4.69, 9.17) is 11.6 Å². The molecule has 4 rings (SSSR count). The van der Waals surface area contributed by atoms with Crippen molar-refractivity contribution in [2.75, 3.05) is 0 Å². The van der Waals surface area contributed by atoms with Gasteiger partial charge >= 0.3 is 0 Å². The molecule has 0 bridgehead atoms. The molecule has 0 aliphatic heterocycles. The molecule has 3 aromatic carbocycles. The Balaban J connectivity index is 1.71. The van der Waals surface area contributed by atoms with E-state index >= 15 is 0 Å². The van der Waals surface area contributed by atoms with Gasteiger partial charge in [0.2, 0.25) is 0 Å². The van der Waals surface area contributed by atoms with Gasteiger partial charge in [-0.05, 0) is 48.2 Å². The molecule has 1 aromatic heterocycles. The summed E-state index contributed by atoms with van der Waals surface area (Å²) in [5.74, 6) is 0.0794. The van der Waals surface area contributed by atoms with Gasteiger partial charge in [0.15, 0.2) is 0 Å². The third-order valence-corrected chi connectivity index (χ3v) is 5.04. The zero-order valence-corrected chi connectivity index (χ0v) is 15.8. The predicted molar refractivity (Wildman–Crippen MR) is 111 cm³/mol. The van der Waals surface area contributed by atoms with Gasteiger partial charge in [0.1, 0.15) is 11.5 Å². The molecule has 4 nitrogen and oxygen atoms in total. The SMILES string of the molecule is Oc1cc(O)c(-c2ccnn2-c2ccccc2Cl)cc1CCc1ccccc1. The molecular formula is C23H19ClN2O2. The number of aromatic nitrogens is 2. The fraction of sp³-hybridized carbons (Fsp3) is 0.0870. The lowest BCUT2D eigenvalue weighted by molar-refractivity contribution is 0.447. The minimum atomic E-state index is -0.00485. The fourth-order valence-corrected chi connectivity index (χ4v) is 3.49. The minimum absolute atomic E-state index is 0.00485. The molecule has 0 aliphatic rings. The van der Waals surface area contributed by atoms with E-state index in [9.17, 15) is 10.2 Å². The first-order valence-electron chi connectivity index (χ1n) is 9.01. The van der Waals surface area contributed by atoms with Crippen LogP contribution in [0.2, 0.25) is 5.02 Å². The number of hydrogen-bond acceptors (Lipinski definition) is 3. The zero-order valence-electron chi connectivity index (χ0n) is 15.1. The van der Waals surface area contributed by atoms with Gasteiger partial charge < -0.3 is 10.2 Å². The molecule has 0 fully saturated rings. The Morgan fingerprint density at radius 2 is 1.57 bits per heavy atom. The summed E-state index contributed by atoms with van der Waals surface area (Å²) in [4.78, 5) is 0. The number of aryl methyl sites for hydroxylation is 2. The van der Waals surface area contributed by atoms with Crippen LogP contribution in [-0.2, 0) is 12.8 Å². The number of halogens is 1. The minimum Gasteiger partial charge on any atom is -0.508 e. The van der Waals surface area contributed by atoms with Crippen molar-refractivity contribution < 1.29 is 10.2 Å². The van der Waals surface area contributed by atoms with Crippen LogP contribution in [-0.4, -0.2) is 20.0 Å². The topological polar surface area (TPSA) is 58.3 Å². The molecule has 0 saturated heterocycles. The molecule has 5 heteroatoms. The average molecular weight is 391 g/mol. The highest BCUT2D eigenvalue weighted by atomic mass is 35.5. The molecule has 0 unspecified atom stereocenters. The van der Waals surface area contributed by atoms with E-state index in [1.807, 2.05) is 48.5 Å². The van der Waals surface area contributed by atoms with Crippen LogP contribution in [0.15, 0.2) is 79.0 Å². The Labute approximate surface area is 168 Å². The second kappa shape index (κ2) is 7.79. The summed E-state index contributed by atoms with van der Waals surface area (Å²) in [6.07, 6.45) is 3.11. The van der Waals surface area contributed by atoms with Crippen LogP contribution < -0.4 is 0 Å². The van der Waals surface area contributed by atoms with Crippen molar-refractivity contribution in [2.24, 2.45) is 0 Å². The highest BCUT2D eigenvalue weighted by Crippen LogP contribution is 2.37. The molecular weight excluding hydrogens is 372 g/mol. The highest BCUT2D eigenvalue weighted by Gasteiger charge is 2.16. The standard InChI is InChI=1S/C23H19ClN2O2/c24-19-8-4-5-9-21(19)26-20(12-13-25-26)18-14-17(22(27)15-23(18)28)11-10-16-6-2-1-3-7-16/h1-9,12-15,27-28H,10-11H2. The maximum atomic E-state index is 10.5. The van der Waals surface area contributed by atoms with Crippen LogP contribution in [0.4, 0.5) is 0 Å². The largest absolute Gasteiger partial charge is 0.508 e. The van der Waals surface area contributed by atoms with Gasteiger partial charge in [0.05, 0.1) is 22.6 Å². The van der Waals surface area contributed by atoms with Gasteiger partial charge in [-0.25, -0.2) is 4.68 Å². The average Bonchev–Trinajstić information content (AvgIpc) is 3.18. The van der Waals surface area contributed by atoms with Crippen molar-refractivity contribution in [3.63, 3.8) is 0 Å². The highest BCUT2D eigenvalue weighted by molar-refractivity contribution is 6.32. The van der Waals surface area contributed by atoms with Crippen molar-refractivity contribution in [1.82, 2.24) is 9.78 Å². The van der Waals surface area contributed by atoms with Crippen molar-refractivity contribution in [3.8, 4) is 28.4 Å². The Morgan fingerprint density at radius 1 is 0.821 bits per heavy atom. The number of benzene rings is 3. The third-order valence-electron chi connectivity index (χ3n) is 4.72. The molecule has 140 valence electrons. The molecule has 0 saturated carbocycles. The van der Waals surface area contributed by atoms with Gasteiger partial charge in [-0.3, -0.25) is 0 Å². The Bertz CT molecular complexity index is 1110. The molecule has 0 radical (unpaired) electrons. The molecule has 1 heterocycles. The van der Waals surface area contributed by atoms with Gasteiger partial charge in [-0.1, -0.05) is 54.1 Å². The summed E-state index contributed by atoms with van der Waals surface area (Å²) in [5, 5.41) is 25.7. The molecule has 0 atom stereocenters. The molecule has 4 aromatic rings. The number of para-hydroxylation sites is 1. The lowest BCUT2D eigenvalue weighted by atomic mass is 9.99. The monoisotopic (exact) mass is 390 g/mol. The maximum Gasteiger partial charge on any atom is 0.128 e. The van der Waals surface area contributed by atoms with Crippen LogP contribution in [0.1, 0.15) is 11.1 Å². The van der Waals surface area contributed by atoms with Gasteiger partial charge in [0.25, 0.3) is 0 Å². The van der Waals surface area contributed by atoms with E-state index in [1.165, 1.54) is 11.6 Å². The predicted octanol–water partition coefficient (Wildman–Crippen LogP) is 5.39. The lowest BCUT2D eigenvalue weighted by Crippen LogP contribution is -2.00. The molecule has 0 spiro atoms. The number of nitrogens with zero attached hydrogens (tertiary/aromatic N) is 2. The fourth-order valence-electron chi connectivity index (χ4n) is 3.27. The summed E-state index contributed by atoms with van der Waals surface area (Å²) in [5.41, 5.74) is 3.98. The van der Waals surface area contributed by atoms with Crippen molar-refractivity contribution in [3.05, 3.63) is 95.1 Å². The lowest BCUT2D eigenvalue weighted by Gasteiger charge is -2.13. The second-order valence-electron chi connectivity index (χ2n) is 6.56. The van der Waals surface area contributed by atoms with E-state index in [-0.39, 0.29) is 11.5 Å². The molecule has 0 aliphatic carbocycles. The third kappa shape index (κ3) is 3.59. The number of aromatic hydroxyl groups is 2. The first-order chi connectivity index (χ1) is 13.6. The Hall–Kier alpha value is -3.24. The van der Waals surface area contributed by atoms with Crippen LogP contribution in [0.5, 0.6) is 11.5 Å².